The molecule has 1 atom stereocenters. The van der Waals surface area contributed by atoms with Crippen molar-refractivity contribution >= 4 is 27.6 Å². The Morgan fingerprint density at radius 3 is 2.65 bits per heavy atom. The molecule has 0 N–H and O–H groups in total. The third-order valence-corrected chi connectivity index (χ3v) is 3.85. The summed E-state index contributed by atoms with van der Waals surface area (Å²) in [5, 5.41) is 0. The van der Waals surface area contributed by atoms with Crippen molar-refractivity contribution in [1.29, 1.82) is 0 Å². The van der Waals surface area contributed by atoms with E-state index < -0.39 is 0 Å². The Hall–Kier alpha value is -1.20. The Labute approximate surface area is 127 Å². The van der Waals surface area contributed by atoms with Gasteiger partial charge in [-0.3, -0.25) is 9.59 Å². The highest BCUT2D eigenvalue weighted by molar-refractivity contribution is 9.10. The third-order valence-electron chi connectivity index (χ3n) is 3.33. The number of nitrogens with zero attached hydrogens (tertiary/aromatic N) is 1. The number of carbonyl (C=O) groups is 2. The first-order valence-electron chi connectivity index (χ1n) is 6.74. The molecule has 1 fully saturated rings. The number of morpholine rings is 1. The molecular weight excluding hydrogens is 322 g/mol. The molecular formula is C15H18BrNO3. The van der Waals surface area contributed by atoms with Crippen molar-refractivity contribution in [2.75, 3.05) is 19.7 Å². The predicted octanol–water partition coefficient (Wildman–Crippen LogP) is 2.66. The van der Waals surface area contributed by atoms with E-state index in [1.165, 1.54) is 0 Å². The number of amides is 1. The maximum Gasteiger partial charge on any atom is 0.223 e. The van der Waals surface area contributed by atoms with Gasteiger partial charge in [0.1, 0.15) is 0 Å². The lowest BCUT2D eigenvalue weighted by molar-refractivity contribution is -0.138. The van der Waals surface area contributed by atoms with Crippen LogP contribution >= 0.6 is 15.9 Å². The van der Waals surface area contributed by atoms with Gasteiger partial charge in [0.2, 0.25) is 5.91 Å². The molecule has 0 spiro atoms. The van der Waals surface area contributed by atoms with E-state index in [0.29, 0.717) is 25.3 Å². The molecule has 20 heavy (non-hydrogen) atoms. The third kappa shape index (κ3) is 4.15. The van der Waals surface area contributed by atoms with E-state index in [9.17, 15) is 9.59 Å². The van der Waals surface area contributed by atoms with Gasteiger partial charge < -0.3 is 9.64 Å². The number of ketones is 1. The fourth-order valence-corrected chi connectivity index (χ4v) is 2.47. The zero-order chi connectivity index (χ0) is 14.5. The number of halogens is 1. The van der Waals surface area contributed by atoms with Gasteiger partial charge in [-0.15, -0.1) is 0 Å². The number of carbonyl (C=O) groups excluding carboxylic acids is 2. The van der Waals surface area contributed by atoms with Gasteiger partial charge in [0.15, 0.2) is 5.78 Å². The number of ether oxygens (including phenoxy) is 1. The number of hydrogen-bond donors (Lipinski definition) is 0. The largest absolute Gasteiger partial charge is 0.375 e. The van der Waals surface area contributed by atoms with Crippen LogP contribution in [0.25, 0.3) is 0 Å². The average Bonchev–Trinajstić information content (AvgIpc) is 2.45. The number of hydrogen-bond acceptors (Lipinski definition) is 3. The second kappa shape index (κ2) is 6.99. The summed E-state index contributed by atoms with van der Waals surface area (Å²) in [6.45, 7) is 3.76. The van der Waals surface area contributed by atoms with Crippen molar-refractivity contribution in [3.05, 3.63) is 34.3 Å². The molecule has 0 saturated carbocycles. The van der Waals surface area contributed by atoms with Crippen molar-refractivity contribution in [2.45, 2.75) is 25.9 Å². The van der Waals surface area contributed by atoms with Crippen molar-refractivity contribution < 1.29 is 14.3 Å². The van der Waals surface area contributed by atoms with Crippen molar-refractivity contribution in [1.82, 2.24) is 4.90 Å². The Morgan fingerprint density at radius 1 is 1.30 bits per heavy atom. The van der Waals surface area contributed by atoms with E-state index in [-0.39, 0.29) is 30.6 Å². The summed E-state index contributed by atoms with van der Waals surface area (Å²) in [4.78, 5) is 25.8. The lowest BCUT2D eigenvalue weighted by Gasteiger charge is -2.31. The molecule has 5 heteroatoms. The quantitative estimate of drug-likeness (QED) is 0.792. The van der Waals surface area contributed by atoms with E-state index in [4.69, 9.17) is 4.74 Å². The predicted molar refractivity (Wildman–Crippen MR) is 79.7 cm³/mol. The molecule has 4 nitrogen and oxygen atoms in total. The maximum absolute atomic E-state index is 12.0. The van der Waals surface area contributed by atoms with Crippen LogP contribution in [0.3, 0.4) is 0 Å². The summed E-state index contributed by atoms with van der Waals surface area (Å²) in [7, 11) is 0. The highest BCUT2D eigenvalue weighted by Crippen LogP contribution is 2.13. The minimum Gasteiger partial charge on any atom is -0.375 e. The van der Waals surface area contributed by atoms with E-state index in [0.717, 1.165) is 4.47 Å². The summed E-state index contributed by atoms with van der Waals surface area (Å²) in [5.74, 6) is 0.0396. The van der Waals surface area contributed by atoms with E-state index >= 15 is 0 Å². The zero-order valence-electron chi connectivity index (χ0n) is 11.5. The van der Waals surface area contributed by atoms with Crippen LogP contribution in [0.4, 0.5) is 0 Å². The zero-order valence-corrected chi connectivity index (χ0v) is 13.1. The molecule has 0 aliphatic carbocycles. The Kier molecular flexibility index (Phi) is 5.31. The molecule has 1 unspecified atom stereocenters. The molecule has 1 amide bonds. The van der Waals surface area contributed by atoms with Crippen LogP contribution in [0.5, 0.6) is 0 Å². The van der Waals surface area contributed by atoms with Crippen molar-refractivity contribution in [3.63, 3.8) is 0 Å². The van der Waals surface area contributed by atoms with Crippen LogP contribution in [-0.2, 0) is 9.53 Å². The van der Waals surface area contributed by atoms with Crippen LogP contribution in [0.1, 0.15) is 30.1 Å². The first-order chi connectivity index (χ1) is 9.56. The standard InChI is InChI=1S/C15H18BrNO3/c1-11-10-17(8-9-20-11)15(19)7-6-14(18)12-2-4-13(16)5-3-12/h2-5,11H,6-10H2,1H3. The van der Waals surface area contributed by atoms with Crippen LogP contribution in [0, 0.1) is 0 Å². The van der Waals surface area contributed by atoms with Crippen molar-refractivity contribution in [2.24, 2.45) is 0 Å². The molecule has 0 bridgehead atoms. The summed E-state index contributed by atoms with van der Waals surface area (Å²) >= 11 is 3.33. The van der Waals surface area contributed by atoms with Crippen molar-refractivity contribution in [3.8, 4) is 0 Å². The minimum absolute atomic E-state index is 0.00663. The smallest absolute Gasteiger partial charge is 0.223 e. The summed E-state index contributed by atoms with van der Waals surface area (Å²) < 4.78 is 6.34. The number of rotatable bonds is 4. The van der Waals surface area contributed by atoms with Gasteiger partial charge in [-0.25, -0.2) is 0 Å². The Bertz CT molecular complexity index is 486. The summed E-state index contributed by atoms with van der Waals surface area (Å²) in [6.07, 6.45) is 0.600. The topological polar surface area (TPSA) is 46.6 Å². The number of benzene rings is 1. The van der Waals surface area contributed by atoms with Crippen LogP contribution in [-0.4, -0.2) is 42.4 Å². The Morgan fingerprint density at radius 2 is 2.00 bits per heavy atom. The van der Waals surface area contributed by atoms with Gasteiger partial charge in [-0.05, 0) is 19.1 Å². The molecule has 1 saturated heterocycles. The van der Waals surface area contributed by atoms with Crippen LogP contribution in [0.2, 0.25) is 0 Å². The SMILES string of the molecule is CC1CN(C(=O)CCC(=O)c2ccc(Br)cc2)CCO1. The first kappa shape index (κ1) is 15.2. The molecule has 0 aromatic heterocycles. The molecule has 1 aromatic rings. The van der Waals surface area contributed by atoms with E-state index in [1.807, 2.05) is 19.1 Å². The van der Waals surface area contributed by atoms with Crippen LogP contribution in [0.15, 0.2) is 28.7 Å². The molecule has 108 valence electrons. The van der Waals surface area contributed by atoms with E-state index in [1.54, 1.807) is 17.0 Å². The molecule has 0 radical (unpaired) electrons. The second-order valence-electron chi connectivity index (χ2n) is 4.95. The molecule has 1 heterocycles. The second-order valence-corrected chi connectivity index (χ2v) is 5.87. The number of Topliss-reactive ketones (excluding diaryl/α,β-unsaturated/α-hetero) is 1. The lowest BCUT2D eigenvalue weighted by atomic mass is 10.1. The molecule has 1 aliphatic rings. The van der Waals surface area contributed by atoms with Gasteiger partial charge in [-0.2, -0.15) is 0 Å². The molecule has 2 rings (SSSR count). The maximum atomic E-state index is 12.0. The highest BCUT2D eigenvalue weighted by atomic mass is 79.9. The Balaban J connectivity index is 1.83. The summed E-state index contributed by atoms with van der Waals surface area (Å²) in [5.41, 5.74) is 0.649. The van der Waals surface area contributed by atoms with Gasteiger partial charge in [0, 0.05) is 36.0 Å². The lowest BCUT2D eigenvalue weighted by Crippen LogP contribution is -2.44. The summed E-state index contributed by atoms with van der Waals surface area (Å²) in [6, 6.07) is 7.21. The normalized spacial score (nSPS) is 18.9. The monoisotopic (exact) mass is 339 g/mol. The first-order valence-corrected chi connectivity index (χ1v) is 7.53. The van der Waals surface area contributed by atoms with E-state index in [2.05, 4.69) is 15.9 Å². The molecule has 1 aromatic carbocycles. The van der Waals surface area contributed by atoms with Gasteiger partial charge in [-0.1, -0.05) is 28.1 Å². The van der Waals surface area contributed by atoms with Gasteiger partial charge >= 0.3 is 0 Å². The fraction of sp³-hybridized carbons (Fsp3) is 0.467. The molecule has 1 aliphatic heterocycles. The van der Waals surface area contributed by atoms with Crippen LogP contribution < -0.4 is 0 Å². The minimum atomic E-state index is 0.00663. The van der Waals surface area contributed by atoms with Gasteiger partial charge in [0.25, 0.3) is 0 Å². The fourth-order valence-electron chi connectivity index (χ4n) is 2.20. The average molecular weight is 340 g/mol. The highest BCUT2D eigenvalue weighted by Gasteiger charge is 2.21. The van der Waals surface area contributed by atoms with Gasteiger partial charge in [0.05, 0.1) is 12.7 Å².